The lowest BCUT2D eigenvalue weighted by Crippen LogP contribution is -2.32. The van der Waals surface area contributed by atoms with Crippen molar-refractivity contribution < 1.29 is 0 Å². The monoisotopic (exact) mass is 700 g/mol. The Labute approximate surface area is 320 Å². The highest BCUT2D eigenvalue weighted by Crippen LogP contribution is 2.50. The summed E-state index contributed by atoms with van der Waals surface area (Å²) in [7, 11) is 0. The third kappa shape index (κ3) is 5.10. The molecule has 2 aliphatic heterocycles. The fraction of sp³-hybridized carbons (Fsp3) is 0.0189. The molecule has 0 saturated heterocycles. The average molecular weight is 701 g/mol. The van der Waals surface area contributed by atoms with Gasteiger partial charge in [-0.3, -0.25) is 0 Å². The van der Waals surface area contributed by atoms with Gasteiger partial charge in [0.2, 0.25) is 0 Å². The number of fused-ring (bicyclic) bond motifs is 5. The summed E-state index contributed by atoms with van der Waals surface area (Å²) in [6, 6.07) is 66.5. The Balaban J connectivity index is 1.08. The Hall–Kier alpha value is -7.16. The summed E-state index contributed by atoms with van der Waals surface area (Å²) in [5, 5.41) is 13.8. The van der Waals surface area contributed by atoms with Gasteiger partial charge in [-0.15, -0.1) is 0 Å². The molecule has 0 saturated carbocycles. The standard InChI is InChI=1S/C53H36N2/c1-3-15-35(16-4-1)39-31-32-49-54-48(34-55(49)33-39)36-27-29-38(30-28-36)51-42-21-9-13-25-46(42)53(47-26-14-10-22-43(47)51)52-44-23-11-7-19-40(44)50(37-17-5-2-6-18-37)41-20-8-12-24-45(41)52/h1-34,49,54H. The van der Waals surface area contributed by atoms with Gasteiger partial charge in [-0.05, 0) is 99.2 Å². The highest BCUT2D eigenvalue weighted by atomic mass is 15.3. The SMILES string of the molecule is C1=CC2NC(c3ccc(-c4c5ccccc5c(-c5c6ccccc6c(-c6ccccc6)c6ccccc56)c5ccccc45)cc3)=CN2C=C1c1ccccc1. The fourth-order valence-corrected chi connectivity index (χ4v) is 8.96. The Morgan fingerprint density at radius 2 is 0.691 bits per heavy atom. The molecular weight excluding hydrogens is 665 g/mol. The third-order valence-electron chi connectivity index (χ3n) is 11.4. The van der Waals surface area contributed by atoms with Crippen molar-refractivity contribution in [1.82, 2.24) is 10.2 Å². The average Bonchev–Trinajstić information content (AvgIpc) is 3.69. The van der Waals surface area contributed by atoms with Gasteiger partial charge in [-0.2, -0.15) is 0 Å². The lowest BCUT2D eigenvalue weighted by atomic mass is 9.81. The summed E-state index contributed by atoms with van der Waals surface area (Å²) in [5.74, 6) is 0. The van der Waals surface area contributed by atoms with E-state index in [1.807, 2.05) is 0 Å². The topological polar surface area (TPSA) is 15.3 Å². The molecule has 55 heavy (non-hydrogen) atoms. The molecule has 2 aliphatic rings. The molecule has 0 radical (unpaired) electrons. The first-order chi connectivity index (χ1) is 27.3. The van der Waals surface area contributed by atoms with Crippen molar-refractivity contribution in [3.05, 3.63) is 218 Å². The fourth-order valence-electron chi connectivity index (χ4n) is 8.96. The predicted octanol–water partition coefficient (Wildman–Crippen LogP) is 13.4. The molecule has 1 unspecified atom stereocenters. The van der Waals surface area contributed by atoms with Gasteiger partial charge >= 0.3 is 0 Å². The van der Waals surface area contributed by atoms with Crippen molar-refractivity contribution in [3.8, 4) is 33.4 Å². The second-order valence-corrected chi connectivity index (χ2v) is 14.5. The highest BCUT2D eigenvalue weighted by molar-refractivity contribution is 6.29. The van der Waals surface area contributed by atoms with Crippen molar-refractivity contribution in [2.45, 2.75) is 6.17 Å². The van der Waals surface area contributed by atoms with Gasteiger partial charge in [-0.1, -0.05) is 188 Å². The van der Waals surface area contributed by atoms with Crippen molar-refractivity contribution in [3.63, 3.8) is 0 Å². The summed E-state index contributed by atoms with van der Waals surface area (Å²) >= 11 is 0. The van der Waals surface area contributed by atoms with Gasteiger partial charge in [0.05, 0.1) is 5.70 Å². The Morgan fingerprint density at radius 3 is 1.15 bits per heavy atom. The van der Waals surface area contributed by atoms with Crippen LogP contribution in [0.2, 0.25) is 0 Å². The van der Waals surface area contributed by atoms with Crippen molar-refractivity contribution in [2.75, 3.05) is 0 Å². The minimum atomic E-state index is 0.108. The van der Waals surface area contributed by atoms with Crippen LogP contribution < -0.4 is 5.32 Å². The lowest BCUT2D eigenvalue weighted by molar-refractivity contribution is 0.429. The van der Waals surface area contributed by atoms with Crippen LogP contribution in [0.25, 0.3) is 87.7 Å². The second-order valence-electron chi connectivity index (χ2n) is 14.5. The molecule has 0 bridgehead atoms. The number of hydrogen-bond acceptors (Lipinski definition) is 2. The molecule has 9 aromatic rings. The summed E-state index contributed by atoms with van der Waals surface area (Å²) in [6.45, 7) is 0. The molecule has 0 spiro atoms. The van der Waals surface area contributed by atoms with Crippen molar-refractivity contribution in [2.24, 2.45) is 0 Å². The smallest absolute Gasteiger partial charge is 0.122 e. The van der Waals surface area contributed by atoms with E-state index in [1.165, 1.54) is 93.2 Å². The number of benzene rings is 9. The first-order valence-electron chi connectivity index (χ1n) is 19.0. The van der Waals surface area contributed by atoms with Crippen LogP contribution in [0.15, 0.2) is 207 Å². The normalized spacial score (nSPS) is 15.0. The van der Waals surface area contributed by atoms with Crippen molar-refractivity contribution >= 4 is 54.4 Å². The lowest BCUT2D eigenvalue weighted by Gasteiger charge is -2.24. The molecule has 258 valence electrons. The molecule has 0 amide bonds. The molecule has 0 fully saturated rings. The molecule has 1 N–H and O–H groups in total. The van der Waals surface area contributed by atoms with E-state index in [4.69, 9.17) is 0 Å². The third-order valence-corrected chi connectivity index (χ3v) is 11.4. The van der Waals surface area contributed by atoms with Crippen LogP contribution in [0.5, 0.6) is 0 Å². The van der Waals surface area contributed by atoms with Crippen molar-refractivity contribution in [1.29, 1.82) is 0 Å². The summed E-state index contributed by atoms with van der Waals surface area (Å²) in [6.07, 6.45) is 9.02. The van der Waals surface area contributed by atoms with Crippen LogP contribution in [0.3, 0.4) is 0 Å². The second kappa shape index (κ2) is 12.8. The minimum absolute atomic E-state index is 0.108. The van der Waals surface area contributed by atoms with Crippen LogP contribution in [0.1, 0.15) is 11.1 Å². The molecule has 2 nitrogen and oxygen atoms in total. The zero-order valence-corrected chi connectivity index (χ0v) is 30.2. The molecule has 11 rings (SSSR count). The summed E-state index contributed by atoms with van der Waals surface area (Å²) < 4.78 is 0. The van der Waals surface area contributed by atoms with Crippen LogP contribution in [-0.4, -0.2) is 11.1 Å². The first kappa shape index (κ1) is 31.4. The maximum atomic E-state index is 3.72. The van der Waals surface area contributed by atoms with Crippen LogP contribution in [-0.2, 0) is 0 Å². The van der Waals surface area contributed by atoms with Gasteiger partial charge in [0.1, 0.15) is 6.17 Å². The van der Waals surface area contributed by atoms with E-state index in [9.17, 15) is 0 Å². The number of nitrogens with zero attached hydrogens (tertiary/aromatic N) is 1. The van der Waals surface area contributed by atoms with E-state index in [-0.39, 0.29) is 6.17 Å². The predicted molar refractivity (Wildman–Crippen MR) is 233 cm³/mol. The van der Waals surface area contributed by atoms with Crippen LogP contribution in [0, 0.1) is 0 Å². The van der Waals surface area contributed by atoms with Gasteiger partial charge < -0.3 is 10.2 Å². The highest BCUT2D eigenvalue weighted by Gasteiger charge is 2.25. The summed E-state index contributed by atoms with van der Waals surface area (Å²) in [5.41, 5.74) is 12.3. The maximum absolute atomic E-state index is 3.72. The molecule has 2 heteroatoms. The van der Waals surface area contributed by atoms with Crippen LogP contribution >= 0.6 is 0 Å². The van der Waals surface area contributed by atoms with Gasteiger partial charge in [0, 0.05) is 12.4 Å². The number of rotatable bonds is 5. The molecular formula is C53H36N2. The quantitative estimate of drug-likeness (QED) is 0.180. The van der Waals surface area contributed by atoms with E-state index < -0.39 is 0 Å². The molecule has 9 aromatic carbocycles. The van der Waals surface area contributed by atoms with E-state index >= 15 is 0 Å². The van der Waals surface area contributed by atoms with E-state index in [1.54, 1.807) is 0 Å². The van der Waals surface area contributed by atoms with Crippen LogP contribution in [0.4, 0.5) is 0 Å². The van der Waals surface area contributed by atoms with Gasteiger partial charge in [0.25, 0.3) is 0 Å². The molecule has 1 atom stereocenters. The number of nitrogens with one attached hydrogen (secondary N) is 1. The Bertz CT molecular complexity index is 2930. The van der Waals surface area contributed by atoms with E-state index in [0.29, 0.717) is 0 Å². The minimum Gasteiger partial charge on any atom is -0.360 e. The van der Waals surface area contributed by atoms with E-state index in [2.05, 4.69) is 217 Å². The number of hydrogen-bond donors (Lipinski definition) is 1. The molecule has 2 heterocycles. The zero-order chi connectivity index (χ0) is 36.3. The Kier molecular flexibility index (Phi) is 7.28. The zero-order valence-electron chi connectivity index (χ0n) is 30.2. The molecule has 0 aromatic heterocycles. The maximum Gasteiger partial charge on any atom is 0.122 e. The largest absolute Gasteiger partial charge is 0.360 e. The van der Waals surface area contributed by atoms with E-state index in [0.717, 1.165) is 5.70 Å². The molecule has 0 aliphatic carbocycles. The summed E-state index contributed by atoms with van der Waals surface area (Å²) in [4.78, 5) is 2.27. The first-order valence-corrected chi connectivity index (χ1v) is 19.0. The number of allylic oxidation sites excluding steroid dienone is 2. The Morgan fingerprint density at radius 1 is 0.327 bits per heavy atom. The van der Waals surface area contributed by atoms with Gasteiger partial charge in [-0.25, -0.2) is 0 Å². The van der Waals surface area contributed by atoms with Gasteiger partial charge in [0.15, 0.2) is 0 Å².